The number of carbonyl (C=O) groups is 1. The Hall–Kier alpha value is -0.300. The second-order valence-corrected chi connectivity index (χ2v) is 10.6. The Labute approximate surface area is 246 Å². The molecule has 0 atom stereocenters. The number of amides is 1. The molecule has 1 aliphatic rings. The van der Waals surface area contributed by atoms with Crippen molar-refractivity contribution in [2.24, 2.45) is 0 Å². The summed E-state index contributed by atoms with van der Waals surface area (Å²) in [4.78, 5) is 11.3. The minimum atomic E-state index is -5.27. The van der Waals surface area contributed by atoms with Crippen molar-refractivity contribution in [3.05, 3.63) is 58.5 Å². The normalized spacial score (nSPS) is 15.8. The molecule has 2 aromatic carbocycles. The van der Waals surface area contributed by atoms with E-state index in [-0.39, 0.29) is 74.0 Å². The minimum absolute atomic E-state index is 0. The number of alkyl halides is 3. The number of anilines is 1. The van der Waals surface area contributed by atoms with Crippen molar-refractivity contribution in [1.82, 2.24) is 0 Å². The van der Waals surface area contributed by atoms with Gasteiger partial charge in [0, 0.05) is 0 Å². The van der Waals surface area contributed by atoms with Gasteiger partial charge in [0.05, 0.1) is 25.9 Å². The third-order valence-electron chi connectivity index (χ3n) is 4.06. The van der Waals surface area contributed by atoms with Crippen LogP contribution in [0, 0.1) is 0 Å². The van der Waals surface area contributed by atoms with Crippen LogP contribution >= 0.6 is 24.0 Å². The van der Waals surface area contributed by atoms with E-state index < -0.39 is 53.2 Å². The zero-order valence-corrected chi connectivity index (χ0v) is 24.5. The quantitative estimate of drug-likeness (QED) is 0.163. The SMILES string of the molecule is O=C1/C(=C/c2ccc(S(=O)(=O)[O-])cc2S(=O)(=O)[O-])SC(=S)N1c1cccc(C(F)(F)F)c1.[Na+].[Na+]. The molecule has 1 amide bonds. The molecule has 1 fully saturated rings. The number of rotatable bonds is 4. The van der Waals surface area contributed by atoms with E-state index in [2.05, 4.69) is 0 Å². The number of thiocarbonyl (C=S) groups is 1. The van der Waals surface area contributed by atoms with Gasteiger partial charge in [0.25, 0.3) is 5.91 Å². The molecule has 0 spiro atoms. The predicted molar refractivity (Wildman–Crippen MR) is 109 cm³/mol. The van der Waals surface area contributed by atoms with Crippen molar-refractivity contribution in [2.75, 3.05) is 4.90 Å². The van der Waals surface area contributed by atoms with Gasteiger partial charge in [0.2, 0.25) is 0 Å². The van der Waals surface area contributed by atoms with Gasteiger partial charge < -0.3 is 9.11 Å². The van der Waals surface area contributed by atoms with Gasteiger partial charge in [-0.3, -0.25) is 9.69 Å². The third-order valence-corrected chi connectivity index (χ3v) is 7.08. The number of halogens is 3. The Morgan fingerprint density at radius 2 is 1.59 bits per heavy atom. The number of nitrogens with zero attached hydrogens (tertiary/aromatic N) is 1. The van der Waals surface area contributed by atoms with Crippen LogP contribution in [0.2, 0.25) is 0 Å². The van der Waals surface area contributed by atoms with Crippen molar-refractivity contribution in [3.8, 4) is 0 Å². The van der Waals surface area contributed by atoms with Crippen molar-refractivity contribution >= 4 is 66.2 Å². The van der Waals surface area contributed by atoms with Crippen LogP contribution in [0.25, 0.3) is 6.08 Å². The maximum absolute atomic E-state index is 13.0. The monoisotopic (exact) mass is 569 g/mol. The van der Waals surface area contributed by atoms with Crippen LogP contribution in [0.4, 0.5) is 18.9 Å². The van der Waals surface area contributed by atoms with E-state index in [1.54, 1.807) is 0 Å². The smallest absolute Gasteiger partial charge is 0.744 e. The fourth-order valence-electron chi connectivity index (χ4n) is 2.66. The van der Waals surface area contributed by atoms with E-state index >= 15 is 0 Å². The molecule has 170 valence electrons. The average Bonchev–Trinajstić information content (AvgIpc) is 2.93. The summed E-state index contributed by atoms with van der Waals surface area (Å²) in [6.45, 7) is 0. The van der Waals surface area contributed by atoms with Gasteiger partial charge in [0.1, 0.15) is 20.2 Å². The van der Waals surface area contributed by atoms with Crippen LogP contribution in [0.3, 0.4) is 0 Å². The molecule has 2 aromatic rings. The van der Waals surface area contributed by atoms with Crippen molar-refractivity contribution in [3.63, 3.8) is 0 Å². The van der Waals surface area contributed by atoms with Crippen molar-refractivity contribution in [2.45, 2.75) is 16.0 Å². The van der Waals surface area contributed by atoms with E-state index in [0.29, 0.717) is 23.9 Å². The average molecular weight is 569 g/mol. The van der Waals surface area contributed by atoms with Crippen LogP contribution in [0.5, 0.6) is 0 Å². The first kappa shape index (κ1) is 31.7. The Kier molecular flexibility index (Phi) is 10.6. The second-order valence-electron chi connectivity index (χ2n) is 6.17. The van der Waals surface area contributed by atoms with E-state index in [1.165, 1.54) is 6.07 Å². The molecule has 0 radical (unpaired) electrons. The summed E-state index contributed by atoms with van der Waals surface area (Å²) in [7, 11) is -10.3. The van der Waals surface area contributed by atoms with Crippen molar-refractivity contribution in [1.29, 1.82) is 0 Å². The van der Waals surface area contributed by atoms with Gasteiger partial charge >= 0.3 is 65.3 Å². The first-order chi connectivity index (χ1) is 14.6. The minimum Gasteiger partial charge on any atom is -0.744 e. The number of hydrogen-bond acceptors (Lipinski definition) is 9. The Morgan fingerprint density at radius 1 is 0.971 bits per heavy atom. The number of carbonyl (C=O) groups excluding carboxylic acids is 1. The van der Waals surface area contributed by atoms with Gasteiger partial charge in [-0.05, 0) is 42.0 Å². The summed E-state index contributed by atoms with van der Waals surface area (Å²) in [6.07, 6.45) is -3.76. The Bertz CT molecular complexity index is 1390. The molecule has 3 rings (SSSR count). The van der Waals surface area contributed by atoms with Crippen LogP contribution in [-0.4, -0.2) is 36.2 Å². The van der Waals surface area contributed by atoms with Crippen molar-refractivity contribution < 1.29 is 103 Å². The Balaban J connectivity index is 0.00000289. The summed E-state index contributed by atoms with van der Waals surface area (Å²) >= 11 is 5.68. The van der Waals surface area contributed by atoms with E-state index in [1.807, 2.05) is 0 Å². The molecule has 1 heterocycles. The largest absolute Gasteiger partial charge is 1.00 e. The number of hydrogen-bond donors (Lipinski definition) is 0. The Morgan fingerprint density at radius 3 is 2.12 bits per heavy atom. The van der Waals surface area contributed by atoms with E-state index in [4.69, 9.17) is 12.2 Å². The predicted octanol–water partition coefficient (Wildman–Crippen LogP) is -3.07. The molecular formula is C17H8F3NNa2O7S4. The summed E-state index contributed by atoms with van der Waals surface area (Å²) in [5.41, 5.74) is -1.62. The molecule has 0 unspecified atom stereocenters. The van der Waals surface area contributed by atoms with Crippen LogP contribution < -0.4 is 64.0 Å². The van der Waals surface area contributed by atoms with Crippen LogP contribution in [-0.2, 0) is 31.2 Å². The number of thioether (sulfide) groups is 1. The fourth-order valence-corrected chi connectivity index (χ4v) is 5.21. The van der Waals surface area contributed by atoms with Crippen LogP contribution in [0.15, 0.2) is 57.2 Å². The molecule has 8 nitrogen and oxygen atoms in total. The first-order valence-electron chi connectivity index (χ1n) is 8.10. The second kappa shape index (κ2) is 11.4. The first-order valence-corrected chi connectivity index (χ1v) is 12.1. The van der Waals surface area contributed by atoms with E-state index in [0.717, 1.165) is 35.2 Å². The van der Waals surface area contributed by atoms with Gasteiger partial charge in [-0.15, -0.1) is 0 Å². The molecule has 17 heteroatoms. The van der Waals surface area contributed by atoms with Gasteiger partial charge in [-0.1, -0.05) is 36.1 Å². The van der Waals surface area contributed by atoms with Crippen LogP contribution in [0.1, 0.15) is 11.1 Å². The van der Waals surface area contributed by atoms with Gasteiger partial charge in [0.15, 0.2) is 4.32 Å². The summed E-state index contributed by atoms with van der Waals surface area (Å²) in [5, 5.41) is 0. The molecule has 0 aliphatic carbocycles. The zero-order chi connectivity index (χ0) is 24.1. The molecule has 0 aromatic heterocycles. The standard InChI is InChI=1S/C17H10F3NO7S4.2Na/c18-17(19,20)10-2-1-3-11(7-10)21-15(22)13(30-16(21)29)6-9-4-5-12(31(23,24)25)8-14(9)32(26,27)28;;/h1-8H,(H,23,24,25)(H,26,27,28);;/q;2*+1/p-2/b13-6-;;. The summed E-state index contributed by atoms with van der Waals surface area (Å²) in [5.74, 6) is -0.894. The zero-order valence-electron chi connectivity index (χ0n) is 17.2. The summed E-state index contributed by atoms with van der Waals surface area (Å²) < 4.78 is 107. The molecule has 0 saturated carbocycles. The fraction of sp³-hybridized carbons (Fsp3) is 0.0588. The molecule has 34 heavy (non-hydrogen) atoms. The molecule has 1 saturated heterocycles. The summed E-state index contributed by atoms with van der Waals surface area (Å²) in [6, 6.07) is 5.74. The maximum atomic E-state index is 13.0. The third kappa shape index (κ3) is 7.14. The maximum Gasteiger partial charge on any atom is 1.00 e. The van der Waals surface area contributed by atoms with Gasteiger partial charge in [-0.2, -0.15) is 13.2 Å². The molecule has 1 aliphatic heterocycles. The van der Waals surface area contributed by atoms with Gasteiger partial charge in [-0.25, -0.2) is 16.8 Å². The van der Waals surface area contributed by atoms with E-state index in [9.17, 15) is 43.9 Å². The molecular weight excluding hydrogens is 561 g/mol. The number of benzene rings is 2. The topological polar surface area (TPSA) is 135 Å². The molecule has 0 N–H and O–H groups in total. The molecule has 0 bridgehead atoms.